The molecule has 0 radical (unpaired) electrons. The zero-order valence-electron chi connectivity index (χ0n) is 17.6. The van der Waals surface area contributed by atoms with Crippen LogP contribution in [0.2, 0.25) is 0 Å². The van der Waals surface area contributed by atoms with Crippen molar-refractivity contribution in [2.45, 2.75) is 51.6 Å². The minimum atomic E-state index is -0.567. The maximum Gasteiger partial charge on any atom is 0.309 e. The lowest BCUT2D eigenvalue weighted by Gasteiger charge is -2.60. The first-order chi connectivity index (χ1) is 14.5. The molecule has 2 unspecified atom stereocenters. The maximum atomic E-state index is 12.2. The topological polar surface area (TPSA) is 55.8 Å². The Bertz CT molecular complexity index is 921. The summed E-state index contributed by atoms with van der Waals surface area (Å²) in [5.74, 6) is 2.09. The standard InChI is InChI=1S/C26H30O4/c1-29-22-8-7-19(10-23(22)30-16-18-5-3-2-4-6-18)11-25-12-20-9-21(13-25)15-26(14-20,17-25)24(27)28/h2-8,10,20-21H,9,11-17H2,1H3,(H,27,28). The molecule has 2 aromatic rings. The molecule has 4 aliphatic carbocycles. The summed E-state index contributed by atoms with van der Waals surface area (Å²) in [4.78, 5) is 12.2. The van der Waals surface area contributed by atoms with Gasteiger partial charge in [0.25, 0.3) is 0 Å². The molecule has 6 rings (SSSR count). The van der Waals surface area contributed by atoms with E-state index >= 15 is 0 Å². The average Bonchev–Trinajstić information content (AvgIpc) is 2.72. The van der Waals surface area contributed by atoms with Crippen LogP contribution in [-0.4, -0.2) is 18.2 Å². The van der Waals surface area contributed by atoms with Crippen LogP contribution in [0.1, 0.15) is 49.7 Å². The Kier molecular flexibility index (Phi) is 4.76. The second-order valence-electron chi connectivity index (χ2n) is 9.98. The number of carboxylic acid groups (broad SMARTS) is 1. The van der Waals surface area contributed by atoms with Crippen LogP contribution in [0.25, 0.3) is 0 Å². The largest absolute Gasteiger partial charge is 0.493 e. The minimum absolute atomic E-state index is 0.119. The molecule has 4 heteroatoms. The van der Waals surface area contributed by atoms with Crippen LogP contribution in [0, 0.1) is 22.7 Å². The molecule has 2 aromatic carbocycles. The SMILES string of the molecule is COc1ccc(CC23CC4CC(C2)CC(C(=O)O)(C4)C3)cc1OCc1ccccc1. The fraction of sp³-hybridized carbons (Fsp3) is 0.500. The average molecular weight is 407 g/mol. The molecule has 0 amide bonds. The molecule has 4 fully saturated rings. The summed E-state index contributed by atoms with van der Waals surface area (Å²) in [7, 11) is 1.67. The van der Waals surface area contributed by atoms with Gasteiger partial charge in [0.05, 0.1) is 12.5 Å². The van der Waals surface area contributed by atoms with E-state index in [0.717, 1.165) is 42.7 Å². The van der Waals surface area contributed by atoms with Crippen LogP contribution in [0.4, 0.5) is 0 Å². The number of methoxy groups -OCH3 is 1. The summed E-state index contributed by atoms with van der Waals surface area (Å²) in [6, 6.07) is 16.3. The highest BCUT2D eigenvalue weighted by Crippen LogP contribution is 2.66. The summed E-state index contributed by atoms with van der Waals surface area (Å²) < 4.78 is 11.6. The van der Waals surface area contributed by atoms with Gasteiger partial charge in [0.2, 0.25) is 0 Å². The Morgan fingerprint density at radius 2 is 1.73 bits per heavy atom. The number of rotatable bonds is 7. The van der Waals surface area contributed by atoms with Crippen molar-refractivity contribution in [2.24, 2.45) is 22.7 Å². The van der Waals surface area contributed by atoms with Crippen molar-refractivity contribution in [3.63, 3.8) is 0 Å². The van der Waals surface area contributed by atoms with Gasteiger partial charge in [-0.25, -0.2) is 0 Å². The molecular formula is C26H30O4. The van der Waals surface area contributed by atoms with Gasteiger partial charge in [-0.05, 0) is 85.5 Å². The number of aliphatic carboxylic acids is 1. The fourth-order valence-corrected chi connectivity index (χ4v) is 7.02. The molecule has 2 atom stereocenters. The first-order valence-electron chi connectivity index (χ1n) is 11.1. The Labute approximate surface area is 178 Å². The molecule has 0 saturated heterocycles. The monoisotopic (exact) mass is 406 g/mol. The minimum Gasteiger partial charge on any atom is -0.493 e. The van der Waals surface area contributed by atoms with Gasteiger partial charge in [-0.2, -0.15) is 0 Å². The molecule has 4 bridgehead atoms. The molecular weight excluding hydrogens is 376 g/mol. The number of benzene rings is 2. The molecule has 4 aliphatic rings. The van der Waals surface area contributed by atoms with E-state index in [4.69, 9.17) is 9.47 Å². The van der Waals surface area contributed by atoms with Crippen LogP contribution in [0.5, 0.6) is 11.5 Å². The Morgan fingerprint density at radius 1 is 1.00 bits per heavy atom. The van der Waals surface area contributed by atoms with E-state index in [-0.39, 0.29) is 5.41 Å². The van der Waals surface area contributed by atoms with Gasteiger partial charge >= 0.3 is 5.97 Å². The van der Waals surface area contributed by atoms with Crippen LogP contribution in [0.15, 0.2) is 48.5 Å². The van der Waals surface area contributed by atoms with E-state index in [1.165, 1.54) is 24.8 Å². The van der Waals surface area contributed by atoms with Crippen molar-refractivity contribution in [3.05, 3.63) is 59.7 Å². The van der Waals surface area contributed by atoms with Gasteiger partial charge in [0.15, 0.2) is 11.5 Å². The van der Waals surface area contributed by atoms with E-state index in [0.29, 0.717) is 18.4 Å². The van der Waals surface area contributed by atoms with Gasteiger partial charge in [0.1, 0.15) is 6.61 Å². The predicted octanol–water partition coefficient (Wildman–Crippen LogP) is 5.49. The molecule has 158 valence electrons. The van der Waals surface area contributed by atoms with Crippen molar-refractivity contribution >= 4 is 5.97 Å². The Balaban J connectivity index is 1.38. The third kappa shape index (κ3) is 3.46. The molecule has 0 heterocycles. The second kappa shape index (κ2) is 7.33. The van der Waals surface area contributed by atoms with Gasteiger partial charge < -0.3 is 14.6 Å². The first-order valence-corrected chi connectivity index (χ1v) is 11.1. The van der Waals surface area contributed by atoms with Crippen molar-refractivity contribution < 1.29 is 19.4 Å². The summed E-state index contributed by atoms with van der Waals surface area (Å²) >= 11 is 0. The lowest BCUT2D eigenvalue weighted by molar-refractivity contribution is -0.174. The van der Waals surface area contributed by atoms with Crippen LogP contribution in [0.3, 0.4) is 0 Å². The number of hydrogen-bond acceptors (Lipinski definition) is 3. The first kappa shape index (κ1) is 19.5. The summed E-state index contributed by atoms with van der Waals surface area (Å²) in [5, 5.41) is 10.0. The predicted molar refractivity (Wildman–Crippen MR) is 115 cm³/mol. The van der Waals surface area contributed by atoms with E-state index in [1.54, 1.807) is 7.11 Å². The van der Waals surface area contributed by atoms with Crippen molar-refractivity contribution in [3.8, 4) is 11.5 Å². The number of carboxylic acids is 1. The highest BCUT2D eigenvalue weighted by molar-refractivity contribution is 5.75. The molecule has 0 aliphatic heterocycles. The summed E-state index contributed by atoms with van der Waals surface area (Å²) in [6.07, 6.45) is 7.10. The summed E-state index contributed by atoms with van der Waals surface area (Å²) in [5.41, 5.74) is 1.98. The smallest absolute Gasteiger partial charge is 0.309 e. The Hall–Kier alpha value is -2.49. The molecule has 4 saturated carbocycles. The van der Waals surface area contributed by atoms with Crippen molar-refractivity contribution in [1.29, 1.82) is 0 Å². The van der Waals surface area contributed by atoms with E-state index < -0.39 is 11.4 Å². The van der Waals surface area contributed by atoms with Crippen molar-refractivity contribution in [1.82, 2.24) is 0 Å². The number of ether oxygens (including phenoxy) is 2. The second-order valence-corrected chi connectivity index (χ2v) is 9.98. The highest BCUT2D eigenvalue weighted by Gasteiger charge is 2.60. The van der Waals surface area contributed by atoms with Crippen LogP contribution < -0.4 is 9.47 Å². The van der Waals surface area contributed by atoms with Gasteiger partial charge in [-0.1, -0.05) is 36.4 Å². The van der Waals surface area contributed by atoms with Gasteiger partial charge in [-0.3, -0.25) is 4.79 Å². The molecule has 0 aromatic heterocycles. The fourth-order valence-electron chi connectivity index (χ4n) is 7.02. The zero-order valence-corrected chi connectivity index (χ0v) is 17.6. The molecule has 4 nitrogen and oxygen atoms in total. The lowest BCUT2D eigenvalue weighted by atomic mass is 9.43. The third-order valence-corrected chi connectivity index (χ3v) is 7.68. The third-order valence-electron chi connectivity index (χ3n) is 7.68. The van der Waals surface area contributed by atoms with Crippen molar-refractivity contribution in [2.75, 3.05) is 7.11 Å². The number of carbonyl (C=O) groups is 1. The maximum absolute atomic E-state index is 12.2. The molecule has 30 heavy (non-hydrogen) atoms. The van der Waals surface area contributed by atoms with Crippen LogP contribution in [-0.2, 0) is 17.8 Å². The molecule has 0 spiro atoms. The number of hydrogen-bond donors (Lipinski definition) is 1. The normalized spacial score (nSPS) is 31.5. The summed E-state index contributed by atoms with van der Waals surface area (Å²) in [6.45, 7) is 0.498. The van der Waals surface area contributed by atoms with Gasteiger partial charge in [-0.15, -0.1) is 0 Å². The van der Waals surface area contributed by atoms with E-state index in [1.807, 2.05) is 24.3 Å². The van der Waals surface area contributed by atoms with E-state index in [2.05, 4.69) is 24.3 Å². The van der Waals surface area contributed by atoms with Gasteiger partial charge in [0, 0.05) is 0 Å². The quantitative estimate of drug-likeness (QED) is 0.661. The lowest BCUT2D eigenvalue weighted by Crippen LogP contribution is -2.55. The van der Waals surface area contributed by atoms with E-state index in [9.17, 15) is 9.90 Å². The molecule has 1 N–H and O–H groups in total. The zero-order chi connectivity index (χ0) is 20.8. The Morgan fingerprint density at radius 3 is 2.40 bits per heavy atom. The van der Waals surface area contributed by atoms with Crippen LogP contribution >= 0.6 is 0 Å². The highest BCUT2D eigenvalue weighted by atomic mass is 16.5.